The smallest absolute Gasteiger partial charge is 0.187 e. The van der Waals surface area contributed by atoms with Crippen molar-refractivity contribution >= 4 is 7.85 Å². The highest BCUT2D eigenvalue weighted by atomic mass is 16.8. The van der Waals surface area contributed by atoms with Crippen LogP contribution in [0.5, 0.6) is 0 Å². The molecule has 0 aromatic carbocycles. The standard InChI is InChI=1S/C24H46BN5O13/c25-12-17(36)16(35)10(3-27)38-22(12)41-19-8(29)1-7(28)15(34)21(19)43-24-18(37)20(11(5-32)40-24)42-23-13(30)6(4-31)14(33)9(2-26)39-23/h6-24,31-37H,1-5,26-30H2/t6?,7-,8?,9?,10?,11-,12?,13?,14+,15?,16-,17?,18+,19-,20+,21?,22-,23-,24+/m1/s1. The lowest BCUT2D eigenvalue weighted by molar-refractivity contribution is -0.301. The second-order valence-electron chi connectivity index (χ2n) is 11.6. The third-order valence-electron chi connectivity index (χ3n) is 8.77. The van der Waals surface area contributed by atoms with Crippen molar-refractivity contribution in [1.82, 2.24) is 0 Å². The van der Waals surface area contributed by atoms with Gasteiger partial charge in [0.1, 0.15) is 42.7 Å². The van der Waals surface area contributed by atoms with E-state index in [4.69, 9.17) is 64.9 Å². The minimum absolute atomic E-state index is 0.0926. The zero-order valence-electron chi connectivity index (χ0n) is 23.5. The Morgan fingerprint density at radius 2 is 1.16 bits per heavy atom. The number of hydrogen-bond donors (Lipinski definition) is 12. The van der Waals surface area contributed by atoms with Gasteiger partial charge in [-0.25, -0.2) is 0 Å². The lowest BCUT2D eigenvalue weighted by Gasteiger charge is -2.47. The Kier molecular flexibility index (Phi) is 12.1. The molecule has 19 heteroatoms. The highest BCUT2D eigenvalue weighted by Crippen LogP contribution is 2.36. The maximum atomic E-state index is 11.2. The van der Waals surface area contributed by atoms with Crippen LogP contribution in [-0.2, 0) is 28.4 Å². The fourth-order valence-electron chi connectivity index (χ4n) is 6.07. The first-order valence-corrected chi connectivity index (χ1v) is 14.4. The molecule has 0 amide bonds. The molecule has 0 spiro atoms. The molecular formula is C24H46BN5O13. The van der Waals surface area contributed by atoms with Gasteiger partial charge in [0, 0.05) is 36.9 Å². The molecule has 0 bridgehead atoms. The van der Waals surface area contributed by atoms with Crippen LogP contribution in [0.1, 0.15) is 6.42 Å². The molecule has 3 aliphatic heterocycles. The highest BCUT2D eigenvalue weighted by Gasteiger charge is 2.54. The van der Waals surface area contributed by atoms with E-state index >= 15 is 0 Å². The largest absolute Gasteiger partial charge is 0.396 e. The quantitative estimate of drug-likeness (QED) is 0.100. The normalized spacial score (nSPS) is 52.8. The molecule has 4 aliphatic rings. The van der Waals surface area contributed by atoms with E-state index in [1.54, 1.807) is 0 Å². The van der Waals surface area contributed by atoms with Crippen LogP contribution in [0.3, 0.4) is 0 Å². The van der Waals surface area contributed by atoms with Crippen molar-refractivity contribution < 1.29 is 64.2 Å². The van der Waals surface area contributed by atoms with Gasteiger partial charge in [0.2, 0.25) is 0 Å². The molecule has 4 rings (SSSR count). The first kappa shape index (κ1) is 35.2. The summed E-state index contributed by atoms with van der Waals surface area (Å²) in [4.78, 5) is 0. The second-order valence-corrected chi connectivity index (χ2v) is 11.6. The lowest BCUT2D eigenvalue weighted by atomic mass is 9.76. The van der Waals surface area contributed by atoms with Gasteiger partial charge in [-0.1, -0.05) is 0 Å². The molecule has 19 atom stereocenters. The average Bonchev–Trinajstić information content (AvgIpc) is 3.28. The van der Waals surface area contributed by atoms with E-state index in [0.717, 1.165) is 0 Å². The van der Waals surface area contributed by atoms with Crippen molar-refractivity contribution in [1.29, 1.82) is 0 Å². The van der Waals surface area contributed by atoms with Gasteiger partial charge in [0.25, 0.3) is 0 Å². The molecule has 4 fully saturated rings. The summed E-state index contributed by atoms with van der Waals surface area (Å²) in [6.45, 7) is -1.38. The molecule has 0 aromatic rings. The molecule has 9 unspecified atom stereocenters. The van der Waals surface area contributed by atoms with Crippen LogP contribution >= 0.6 is 0 Å². The van der Waals surface area contributed by atoms with Gasteiger partial charge in [-0.3, -0.25) is 0 Å². The van der Waals surface area contributed by atoms with Crippen molar-refractivity contribution in [3.63, 3.8) is 0 Å². The number of aliphatic hydroxyl groups excluding tert-OH is 7. The van der Waals surface area contributed by atoms with Gasteiger partial charge < -0.3 is 92.8 Å². The molecule has 1 aliphatic carbocycles. The van der Waals surface area contributed by atoms with Crippen LogP contribution in [0.15, 0.2) is 0 Å². The molecule has 3 heterocycles. The molecule has 17 N–H and O–H groups in total. The summed E-state index contributed by atoms with van der Waals surface area (Å²) in [5, 5.41) is 72.9. The Balaban J connectivity index is 1.50. The summed E-state index contributed by atoms with van der Waals surface area (Å²) in [6.07, 6.45) is -17.8. The first-order valence-electron chi connectivity index (χ1n) is 14.4. The van der Waals surface area contributed by atoms with E-state index in [1.807, 2.05) is 0 Å². The minimum atomic E-state index is -1.59. The van der Waals surface area contributed by atoms with E-state index in [2.05, 4.69) is 0 Å². The Bertz CT molecular complexity index is 889. The summed E-state index contributed by atoms with van der Waals surface area (Å²) in [5.74, 6) is -2.07. The number of aliphatic hydroxyl groups is 7. The van der Waals surface area contributed by atoms with Crippen molar-refractivity contribution in [3.05, 3.63) is 0 Å². The Labute approximate surface area is 249 Å². The van der Waals surface area contributed by atoms with Crippen molar-refractivity contribution in [2.75, 3.05) is 26.3 Å². The Morgan fingerprint density at radius 3 is 1.77 bits per heavy atom. The molecule has 1 saturated carbocycles. The second kappa shape index (κ2) is 14.8. The zero-order valence-corrected chi connectivity index (χ0v) is 23.5. The predicted octanol–water partition coefficient (Wildman–Crippen LogP) is -8.02. The first-order chi connectivity index (χ1) is 20.4. The van der Waals surface area contributed by atoms with Crippen LogP contribution in [-0.4, -0.2) is 174 Å². The van der Waals surface area contributed by atoms with Gasteiger partial charge in [0.15, 0.2) is 18.9 Å². The van der Waals surface area contributed by atoms with E-state index in [1.165, 1.54) is 0 Å². The van der Waals surface area contributed by atoms with Crippen molar-refractivity contribution in [2.24, 2.45) is 34.6 Å². The molecule has 248 valence electrons. The van der Waals surface area contributed by atoms with Crippen LogP contribution < -0.4 is 28.7 Å². The molecule has 3 saturated heterocycles. The maximum absolute atomic E-state index is 11.2. The minimum Gasteiger partial charge on any atom is -0.396 e. The van der Waals surface area contributed by atoms with E-state index in [9.17, 15) is 35.7 Å². The molecule has 0 aromatic heterocycles. The summed E-state index contributed by atoms with van der Waals surface area (Å²) < 4.78 is 35.0. The van der Waals surface area contributed by atoms with Gasteiger partial charge >= 0.3 is 0 Å². The fraction of sp³-hybridized carbons (Fsp3) is 1.00. The van der Waals surface area contributed by atoms with Crippen LogP contribution in [0.4, 0.5) is 0 Å². The van der Waals surface area contributed by atoms with Crippen molar-refractivity contribution in [3.8, 4) is 0 Å². The Hall–Kier alpha value is -0.655. The summed E-state index contributed by atoms with van der Waals surface area (Å²) in [5.41, 5.74) is 29.9. The van der Waals surface area contributed by atoms with Gasteiger partial charge in [0.05, 0.1) is 51.5 Å². The summed E-state index contributed by atoms with van der Waals surface area (Å²) >= 11 is 0. The summed E-state index contributed by atoms with van der Waals surface area (Å²) in [7, 11) is 6.05. The van der Waals surface area contributed by atoms with E-state index in [0.29, 0.717) is 0 Å². The predicted molar refractivity (Wildman–Crippen MR) is 144 cm³/mol. The zero-order chi connectivity index (χ0) is 31.7. The number of ether oxygens (including phenoxy) is 6. The molecule has 2 radical (unpaired) electrons. The van der Waals surface area contributed by atoms with E-state index in [-0.39, 0.29) is 19.5 Å². The maximum Gasteiger partial charge on any atom is 0.187 e. The molecular weight excluding hydrogens is 577 g/mol. The Morgan fingerprint density at radius 1 is 0.605 bits per heavy atom. The van der Waals surface area contributed by atoms with Crippen LogP contribution in [0.2, 0.25) is 5.82 Å². The van der Waals surface area contributed by atoms with Crippen LogP contribution in [0.25, 0.3) is 0 Å². The van der Waals surface area contributed by atoms with Gasteiger partial charge in [-0.2, -0.15) is 0 Å². The third-order valence-corrected chi connectivity index (χ3v) is 8.77. The number of nitrogens with two attached hydrogens (primary N) is 5. The lowest BCUT2D eigenvalue weighted by Crippen LogP contribution is -2.65. The topological polar surface area (TPSA) is 327 Å². The highest BCUT2D eigenvalue weighted by molar-refractivity contribution is 6.12. The molecule has 43 heavy (non-hydrogen) atoms. The molecule has 18 nitrogen and oxygen atoms in total. The van der Waals surface area contributed by atoms with Gasteiger partial charge in [-0.05, 0) is 6.42 Å². The number of hydrogen-bond acceptors (Lipinski definition) is 18. The SMILES string of the molecule is [B]C1C(O)[C@H](O)C(CN)O[C@@H]1O[C@@H]1C(N)C[C@@H](N)C(O)C1O[C@@H]1O[C@H](CO)[C@H](O[C@H]2OC(CN)[C@@H](O)C(CO)C2N)[C@@H]1O. The monoisotopic (exact) mass is 623 g/mol. The van der Waals surface area contributed by atoms with Gasteiger partial charge in [-0.15, -0.1) is 0 Å². The van der Waals surface area contributed by atoms with E-state index < -0.39 is 129 Å². The fourth-order valence-corrected chi connectivity index (χ4v) is 6.07. The third kappa shape index (κ3) is 7.04. The number of rotatable bonds is 10. The van der Waals surface area contributed by atoms with Crippen LogP contribution in [0, 0.1) is 5.92 Å². The summed E-state index contributed by atoms with van der Waals surface area (Å²) in [6, 6.07) is -2.75. The van der Waals surface area contributed by atoms with Crippen molar-refractivity contribution in [2.45, 2.75) is 116 Å². The average molecular weight is 623 g/mol.